The lowest BCUT2D eigenvalue weighted by atomic mass is 10.1. The molecule has 2 heterocycles. The van der Waals surface area contributed by atoms with Crippen LogP contribution < -0.4 is 9.62 Å². The maximum Gasteiger partial charge on any atom is 0.180 e. The Hall–Kier alpha value is -2.27. The Morgan fingerprint density at radius 1 is 0.792 bits per heavy atom. The van der Waals surface area contributed by atoms with E-state index >= 15 is 0 Å². The first-order valence-electron chi connectivity index (χ1n) is 8.40. The average molecular weight is 336 g/mol. The van der Waals surface area contributed by atoms with Crippen molar-refractivity contribution in [1.82, 2.24) is 9.97 Å². The van der Waals surface area contributed by atoms with Crippen LogP contribution in [0.1, 0.15) is 19.3 Å². The van der Waals surface area contributed by atoms with E-state index in [-0.39, 0.29) is 0 Å². The van der Waals surface area contributed by atoms with Gasteiger partial charge < -0.3 is 9.62 Å². The minimum atomic E-state index is 0.851. The molecule has 4 rings (SSSR count). The Morgan fingerprint density at radius 3 is 2.21 bits per heavy atom. The fourth-order valence-corrected chi connectivity index (χ4v) is 3.63. The minimum absolute atomic E-state index is 0.851. The number of hydrogen-bond acceptors (Lipinski definition) is 5. The molecule has 0 amide bonds. The molecule has 4 nitrogen and oxygen atoms in total. The highest BCUT2D eigenvalue weighted by Crippen LogP contribution is 2.30. The molecule has 122 valence electrons. The normalized spacial score (nSPS) is 14.8. The van der Waals surface area contributed by atoms with Gasteiger partial charge in [-0.1, -0.05) is 30.3 Å². The summed E-state index contributed by atoms with van der Waals surface area (Å²) in [6.45, 7) is 2.11. The lowest BCUT2D eigenvalue weighted by Gasteiger charge is -2.29. The fraction of sp³-hybridized carbons (Fsp3) is 0.263. The molecule has 0 aliphatic carbocycles. The van der Waals surface area contributed by atoms with Crippen molar-refractivity contribution in [2.45, 2.75) is 24.2 Å². The summed E-state index contributed by atoms with van der Waals surface area (Å²) in [5.41, 5.74) is 1.88. The van der Waals surface area contributed by atoms with Crippen molar-refractivity contribution in [2.75, 3.05) is 22.7 Å². The summed E-state index contributed by atoms with van der Waals surface area (Å²) in [4.78, 5) is 13.2. The van der Waals surface area contributed by atoms with Crippen molar-refractivity contribution >= 4 is 34.6 Å². The zero-order valence-corrected chi connectivity index (χ0v) is 14.3. The van der Waals surface area contributed by atoms with E-state index in [4.69, 9.17) is 9.97 Å². The molecule has 1 saturated heterocycles. The number of anilines is 2. The second kappa shape index (κ2) is 7.09. The van der Waals surface area contributed by atoms with E-state index in [1.54, 1.807) is 11.9 Å². The largest absolute Gasteiger partial charge is 0.354 e. The summed E-state index contributed by atoms with van der Waals surface area (Å²) >= 11 is 1.58. The van der Waals surface area contributed by atoms with E-state index in [1.165, 1.54) is 19.3 Å². The van der Waals surface area contributed by atoms with Crippen molar-refractivity contribution in [3.05, 3.63) is 54.6 Å². The van der Waals surface area contributed by atoms with Gasteiger partial charge in [-0.2, -0.15) is 0 Å². The van der Waals surface area contributed by atoms with Crippen LogP contribution in [0.4, 0.5) is 11.6 Å². The van der Waals surface area contributed by atoms with E-state index in [1.807, 2.05) is 42.5 Å². The Bertz CT molecular complexity index is 816. The van der Waals surface area contributed by atoms with Crippen molar-refractivity contribution in [1.29, 1.82) is 0 Å². The number of piperidine rings is 1. The van der Waals surface area contributed by atoms with Gasteiger partial charge in [-0.3, -0.25) is 0 Å². The SMILES string of the molecule is c1ccc(SNc2nc3ccccc3nc2N2CCCCC2)cc1. The molecule has 1 aromatic heterocycles. The average Bonchev–Trinajstić information content (AvgIpc) is 2.67. The van der Waals surface area contributed by atoms with Crippen LogP contribution >= 0.6 is 11.9 Å². The molecule has 0 bridgehead atoms. The van der Waals surface area contributed by atoms with Crippen molar-refractivity contribution in [3.8, 4) is 0 Å². The molecule has 0 atom stereocenters. The van der Waals surface area contributed by atoms with Gasteiger partial charge in [-0.15, -0.1) is 0 Å². The number of benzene rings is 2. The molecular weight excluding hydrogens is 316 g/mol. The predicted molar refractivity (Wildman–Crippen MR) is 102 cm³/mol. The molecule has 2 aromatic carbocycles. The second-order valence-electron chi connectivity index (χ2n) is 5.95. The van der Waals surface area contributed by atoms with E-state index in [2.05, 4.69) is 21.8 Å². The van der Waals surface area contributed by atoms with Gasteiger partial charge in [-0.05, 0) is 55.5 Å². The standard InChI is InChI=1S/C19H20N4S/c1-3-9-15(10-4-1)24-22-18-19(23-13-7-2-8-14-23)21-17-12-6-5-11-16(17)20-18/h1,3-6,9-12H,2,7-8,13-14H2,(H,20,22). The predicted octanol–water partition coefficient (Wildman–Crippen LogP) is 4.74. The molecule has 0 radical (unpaired) electrons. The molecule has 1 aliphatic rings. The van der Waals surface area contributed by atoms with Crippen LogP contribution in [0.2, 0.25) is 0 Å². The topological polar surface area (TPSA) is 41.1 Å². The van der Waals surface area contributed by atoms with Crippen molar-refractivity contribution in [3.63, 3.8) is 0 Å². The van der Waals surface area contributed by atoms with Crippen LogP contribution in [0.3, 0.4) is 0 Å². The quantitative estimate of drug-likeness (QED) is 0.697. The molecular formula is C19H20N4S. The van der Waals surface area contributed by atoms with Gasteiger partial charge in [0.05, 0.1) is 11.0 Å². The first kappa shape index (κ1) is 15.3. The van der Waals surface area contributed by atoms with E-state index in [0.29, 0.717) is 0 Å². The van der Waals surface area contributed by atoms with E-state index in [9.17, 15) is 0 Å². The van der Waals surface area contributed by atoms with Gasteiger partial charge >= 0.3 is 0 Å². The highest BCUT2D eigenvalue weighted by atomic mass is 32.2. The highest BCUT2D eigenvalue weighted by Gasteiger charge is 2.18. The summed E-state index contributed by atoms with van der Waals surface area (Å²) in [5, 5.41) is 0. The number of aromatic nitrogens is 2. The number of hydrogen-bond donors (Lipinski definition) is 1. The van der Waals surface area contributed by atoms with Gasteiger partial charge in [0.2, 0.25) is 0 Å². The van der Waals surface area contributed by atoms with Gasteiger partial charge in [0.1, 0.15) is 0 Å². The van der Waals surface area contributed by atoms with Gasteiger partial charge in [0, 0.05) is 18.0 Å². The third kappa shape index (κ3) is 3.31. The Labute approximate surface area is 146 Å². The summed E-state index contributed by atoms with van der Waals surface area (Å²) < 4.78 is 3.42. The first-order chi connectivity index (χ1) is 11.9. The van der Waals surface area contributed by atoms with Crippen LogP contribution in [-0.2, 0) is 0 Å². The summed E-state index contributed by atoms with van der Waals surface area (Å²) in [6, 6.07) is 18.4. The first-order valence-corrected chi connectivity index (χ1v) is 9.21. The van der Waals surface area contributed by atoms with Crippen LogP contribution in [0.5, 0.6) is 0 Å². The molecule has 1 aliphatic heterocycles. The molecule has 24 heavy (non-hydrogen) atoms. The highest BCUT2D eigenvalue weighted by molar-refractivity contribution is 8.00. The number of rotatable bonds is 4. The monoisotopic (exact) mass is 336 g/mol. The zero-order valence-electron chi connectivity index (χ0n) is 13.5. The molecule has 0 spiro atoms. The van der Waals surface area contributed by atoms with Crippen LogP contribution in [0.15, 0.2) is 59.5 Å². The second-order valence-corrected chi connectivity index (χ2v) is 6.83. The third-order valence-corrected chi connectivity index (χ3v) is 5.02. The molecule has 1 N–H and O–H groups in total. The van der Waals surface area contributed by atoms with Gasteiger partial charge in [-0.25, -0.2) is 9.97 Å². The number of para-hydroxylation sites is 2. The lowest BCUT2D eigenvalue weighted by molar-refractivity contribution is 0.574. The summed E-state index contributed by atoms with van der Waals surface area (Å²) in [7, 11) is 0. The van der Waals surface area contributed by atoms with Crippen molar-refractivity contribution in [2.24, 2.45) is 0 Å². The smallest absolute Gasteiger partial charge is 0.180 e. The summed E-state index contributed by atoms with van der Waals surface area (Å²) in [6.07, 6.45) is 3.75. The molecule has 3 aromatic rings. The molecule has 0 saturated carbocycles. The maximum atomic E-state index is 4.90. The third-order valence-electron chi connectivity index (χ3n) is 4.22. The van der Waals surface area contributed by atoms with E-state index < -0.39 is 0 Å². The molecule has 0 unspecified atom stereocenters. The van der Waals surface area contributed by atoms with Crippen LogP contribution in [0.25, 0.3) is 11.0 Å². The Balaban J connectivity index is 1.67. The summed E-state index contributed by atoms with van der Waals surface area (Å²) in [5.74, 6) is 1.82. The number of fused-ring (bicyclic) bond motifs is 1. The fourth-order valence-electron chi connectivity index (χ4n) is 2.98. The minimum Gasteiger partial charge on any atom is -0.354 e. The number of nitrogens with zero attached hydrogens (tertiary/aromatic N) is 3. The molecule has 5 heteroatoms. The Morgan fingerprint density at radius 2 is 1.46 bits per heavy atom. The van der Waals surface area contributed by atoms with E-state index in [0.717, 1.165) is 40.7 Å². The Kier molecular flexibility index (Phi) is 4.51. The van der Waals surface area contributed by atoms with Crippen LogP contribution in [-0.4, -0.2) is 23.1 Å². The van der Waals surface area contributed by atoms with Gasteiger partial charge in [0.25, 0.3) is 0 Å². The lowest BCUT2D eigenvalue weighted by Crippen LogP contribution is -2.31. The number of nitrogens with one attached hydrogen (secondary N) is 1. The van der Waals surface area contributed by atoms with Crippen LogP contribution in [0, 0.1) is 0 Å². The van der Waals surface area contributed by atoms with Gasteiger partial charge in [0.15, 0.2) is 11.6 Å². The van der Waals surface area contributed by atoms with Crippen molar-refractivity contribution < 1.29 is 0 Å². The maximum absolute atomic E-state index is 4.90. The zero-order chi connectivity index (χ0) is 16.2. The molecule has 1 fully saturated rings.